The van der Waals surface area contributed by atoms with Gasteiger partial charge in [0.25, 0.3) is 0 Å². The van der Waals surface area contributed by atoms with E-state index in [1.807, 2.05) is 0 Å². The first-order chi connectivity index (χ1) is 44.4. The Morgan fingerprint density at radius 1 is 0.275 bits per heavy atom. The van der Waals surface area contributed by atoms with Crippen LogP contribution in [0.4, 0.5) is 17.1 Å². The lowest BCUT2D eigenvalue weighted by Crippen LogP contribution is -2.26. The molecule has 91 heavy (non-hydrogen) atoms. The van der Waals surface area contributed by atoms with E-state index in [0.29, 0.717) is 0 Å². The molecule has 0 N–H and O–H groups in total. The zero-order valence-corrected chi connectivity index (χ0v) is 52.3. The summed E-state index contributed by atoms with van der Waals surface area (Å²) in [5, 5.41) is 12.0. The smallest absolute Gasteiger partial charge is 0.0732 e. The second-order valence-corrected chi connectivity index (χ2v) is 27.1. The molecule has 2 nitrogen and oxygen atoms in total. The van der Waals surface area contributed by atoms with Gasteiger partial charge >= 0.3 is 0 Å². The first-order valence-electron chi connectivity index (χ1n) is 32.1. The molecule has 0 atom stereocenters. The Balaban J connectivity index is 0.987. The van der Waals surface area contributed by atoms with Crippen LogP contribution < -0.4 is 4.90 Å². The van der Waals surface area contributed by atoms with Crippen LogP contribution in [-0.4, -0.2) is 4.57 Å². The summed E-state index contributed by atoms with van der Waals surface area (Å²) < 4.78 is 2.57. The number of rotatable bonds is 6. The highest BCUT2D eigenvalue weighted by Crippen LogP contribution is 2.66. The van der Waals surface area contributed by atoms with Crippen LogP contribution in [0.1, 0.15) is 74.9 Å². The average Bonchev–Trinajstić information content (AvgIpc) is 1.50. The van der Waals surface area contributed by atoms with E-state index in [-0.39, 0.29) is 10.8 Å². The third-order valence-electron chi connectivity index (χ3n) is 19.9. The van der Waals surface area contributed by atoms with Crippen molar-refractivity contribution < 1.29 is 0 Å². The van der Waals surface area contributed by atoms with Gasteiger partial charge in [0.1, 0.15) is 0 Å². The van der Waals surface area contributed by atoms with Crippen LogP contribution in [0.2, 0.25) is 0 Å². The van der Waals surface area contributed by atoms with E-state index in [9.17, 15) is 0 Å². The molecule has 0 fully saturated rings. The Labute approximate surface area is 532 Å². The summed E-state index contributed by atoms with van der Waals surface area (Å²) in [5.41, 5.74) is 23.7. The molecule has 0 amide bonds. The molecule has 17 rings (SSSR count). The van der Waals surface area contributed by atoms with Gasteiger partial charge in [-0.05, 0) is 205 Å². The van der Waals surface area contributed by atoms with Crippen LogP contribution in [0.5, 0.6) is 0 Å². The van der Waals surface area contributed by atoms with E-state index >= 15 is 0 Å². The van der Waals surface area contributed by atoms with Crippen molar-refractivity contribution in [2.45, 2.75) is 57.8 Å². The number of aromatic nitrogens is 1. The second-order valence-electron chi connectivity index (χ2n) is 27.1. The molecule has 14 aromatic carbocycles. The predicted octanol–water partition coefficient (Wildman–Crippen LogP) is 24.3. The minimum Gasteiger partial charge on any atom is -0.310 e. The van der Waals surface area contributed by atoms with Crippen molar-refractivity contribution in [3.8, 4) is 50.2 Å². The quantitative estimate of drug-likeness (QED) is 0.151. The summed E-state index contributed by atoms with van der Waals surface area (Å²) in [7, 11) is 0. The van der Waals surface area contributed by atoms with Gasteiger partial charge < -0.3 is 9.47 Å². The van der Waals surface area contributed by atoms with E-state index in [0.717, 1.165) is 33.8 Å². The van der Waals surface area contributed by atoms with Crippen molar-refractivity contribution in [1.82, 2.24) is 4.57 Å². The third kappa shape index (κ3) is 8.46. The number of anilines is 3. The molecule has 1 spiro atoms. The largest absolute Gasteiger partial charge is 0.310 e. The summed E-state index contributed by atoms with van der Waals surface area (Å²) >= 11 is 0. The van der Waals surface area contributed by atoms with Crippen LogP contribution in [-0.2, 0) is 16.2 Å². The highest BCUT2D eigenvalue weighted by molar-refractivity contribution is 6.23. The van der Waals surface area contributed by atoms with Crippen molar-refractivity contribution in [3.63, 3.8) is 0 Å². The van der Waals surface area contributed by atoms with Crippen molar-refractivity contribution >= 4 is 82.0 Å². The summed E-state index contributed by atoms with van der Waals surface area (Å²) in [6.45, 7) is 13.8. The van der Waals surface area contributed by atoms with E-state index < -0.39 is 5.41 Å². The lowest BCUT2D eigenvalue weighted by molar-refractivity contribution is 0.590. The maximum atomic E-state index is 2.57. The molecule has 1 aromatic heterocycles. The Kier molecular flexibility index (Phi) is 12.3. The van der Waals surface area contributed by atoms with Gasteiger partial charge in [0.15, 0.2) is 0 Å². The normalized spacial score (nSPS) is 13.0. The van der Waals surface area contributed by atoms with E-state index in [4.69, 9.17) is 0 Å². The number of hydrogen-bond acceptors (Lipinski definition) is 1. The predicted molar refractivity (Wildman–Crippen MR) is 388 cm³/mol. The zero-order valence-electron chi connectivity index (χ0n) is 52.3. The van der Waals surface area contributed by atoms with Crippen LogP contribution in [0.3, 0.4) is 0 Å². The van der Waals surface area contributed by atoms with Gasteiger partial charge in [-0.2, -0.15) is 0 Å². The monoisotopic (exact) mass is 1160 g/mol. The number of nitrogens with zero attached hydrogens (tertiary/aromatic N) is 2. The molecule has 0 saturated carbocycles. The van der Waals surface area contributed by atoms with Crippen molar-refractivity contribution in [3.05, 3.63) is 337 Å². The van der Waals surface area contributed by atoms with Gasteiger partial charge in [-0.1, -0.05) is 272 Å². The molecule has 0 aliphatic heterocycles. The average molecular weight is 1170 g/mol. The number of benzene rings is 14. The fraction of sp³-hybridized carbons (Fsp3) is 0.101. The Morgan fingerprint density at radius 2 is 0.692 bits per heavy atom. The summed E-state index contributed by atoms with van der Waals surface area (Å²) in [4.78, 5) is 2.48. The van der Waals surface area contributed by atoms with Gasteiger partial charge in [-0.3, -0.25) is 0 Å². The second kappa shape index (κ2) is 20.6. The molecule has 0 bridgehead atoms. The molecule has 15 aromatic rings. The third-order valence-corrected chi connectivity index (χ3v) is 19.9. The highest BCUT2D eigenvalue weighted by atomic mass is 15.1. The lowest BCUT2D eigenvalue weighted by atomic mass is 9.69. The Bertz CT molecular complexity index is 5270. The molecule has 2 aliphatic carbocycles. The number of hydrogen-bond donors (Lipinski definition) is 0. The van der Waals surface area contributed by atoms with Crippen LogP contribution in [0.15, 0.2) is 303 Å². The van der Waals surface area contributed by atoms with Crippen LogP contribution >= 0.6 is 0 Å². The lowest BCUT2D eigenvalue weighted by Gasteiger charge is -2.33. The zero-order chi connectivity index (χ0) is 61.3. The van der Waals surface area contributed by atoms with Gasteiger partial charge in [-0.15, -0.1) is 0 Å². The summed E-state index contributed by atoms with van der Waals surface area (Å²) in [6, 6.07) is 115. The van der Waals surface area contributed by atoms with Crippen LogP contribution in [0.25, 0.3) is 115 Å². The van der Waals surface area contributed by atoms with Crippen LogP contribution in [0, 0.1) is 0 Å². The van der Waals surface area contributed by atoms with Gasteiger partial charge in [-0.25, -0.2) is 0 Å². The molecule has 2 heteroatoms. The fourth-order valence-electron chi connectivity index (χ4n) is 15.6. The molecule has 434 valence electrons. The molecular weight excluding hydrogens is 1100 g/mol. The Morgan fingerprint density at radius 3 is 1.18 bits per heavy atom. The van der Waals surface area contributed by atoms with Gasteiger partial charge in [0.2, 0.25) is 0 Å². The fourth-order valence-corrected chi connectivity index (χ4v) is 15.6. The molecule has 0 unspecified atom stereocenters. The maximum absolute atomic E-state index is 2.57. The highest BCUT2D eigenvalue weighted by Gasteiger charge is 2.53. The summed E-state index contributed by atoms with van der Waals surface area (Å²) in [6.07, 6.45) is 0. The first kappa shape index (κ1) is 54.4. The van der Waals surface area contributed by atoms with E-state index in [1.165, 1.54) is 132 Å². The molecule has 1 heterocycles. The van der Waals surface area contributed by atoms with Crippen molar-refractivity contribution in [1.29, 1.82) is 0 Å². The molecule has 0 radical (unpaired) electrons. The molecule has 0 saturated heterocycles. The van der Waals surface area contributed by atoms with Gasteiger partial charge in [0, 0.05) is 33.5 Å². The maximum Gasteiger partial charge on any atom is 0.0732 e. The Hall–Kier alpha value is -10.8. The first-order valence-corrected chi connectivity index (χ1v) is 32.1. The SMILES string of the molecule is CC(C)(C)c1ccc(N(c2ccc(C(C)(C)C)cc2)c2ccc3c(c2)C2(c4ccccc4-c4ccccc42)c2c-3c3ccccc3c3cc(-n4c5ccc(-c6ccccc6)cc5c5ccccc5c5ccccc5c5cc(-c6ccccc6)ccc54)ccc23)cc1. The number of fused-ring (bicyclic) bond motifs is 22. The topological polar surface area (TPSA) is 8.17 Å². The van der Waals surface area contributed by atoms with Gasteiger partial charge in [0.05, 0.1) is 16.4 Å². The standard InChI is InChI=1S/C89H68N2/c1-87(2,3)61-39-43-63(44-40-61)90(64-45-41-62(42-46-64)88(4,5)6)66-48-50-76-82(56-66)89(80-35-21-19-32-72(80)73-33-20-22-36-81(73)89)86-75-49-47-65(55-77(75)71-31-17-18-34-74(71)85(76)86)91-83-51-37-59(57-23-9-7-10-24-57)53-78(83)69-29-15-13-27-67(69)68-28-14-16-30-70(68)79-54-60(38-52-84(79)91)58-25-11-8-12-26-58/h7-56H,1-6H3. The van der Waals surface area contributed by atoms with E-state index in [2.05, 4.69) is 354 Å². The summed E-state index contributed by atoms with van der Waals surface area (Å²) in [5.74, 6) is 0. The van der Waals surface area contributed by atoms with Crippen molar-refractivity contribution in [2.24, 2.45) is 0 Å². The van der Waals surface area contributed by atoms with E-state index in [1.54, 1.807) is 0 Å². The van der Waals surface area contributed by atoms with Crippen molar-refractivity contribution in [2.75, 3.05) is 4.90 Å². The minimum atomic E-state index is -0.678. The minimum absolute atomic E-state index is 0.0114. The molecular formula is C89H68N2. The molecule has 2 aliphatic rings.